The van der Waals surface area contributed by atoms with E-state index in [1.165, 1.54) is 12.4 Å². The van der Waals surface area contributed by atoms with Gasteiger partial charge in [-0.05, 0) is 31.5 Å². The van der Waals surface area contributed by atoms with E-state index in [4.69, 9.17) is 9.26 Å². The van der Waals surface area contributed by atoms with Crippen LogP contribution in [0.5, 0.6) is 5.75 Å². The van der Waals surface area contributed by atoms with E-state index in [0.29, 0.717) is 28.8 Å². The van der Waals surface area contributed by atoms with Gasteiger partial charge in [0.1, 0.15) is 11.5 Å². The number of rotatable bonds is 5. The minimum Gasteiger partial charge on any atom is -0.495 e. The normalized spacial score (nSPS) is 10.4. The summed E-state index contributed by atoms with van der Waals surface area (Å²) < 4.78 is 10.2. The molecule has 0 saturated carbocycles. The number of nitrogens with one attached hydrogen (secondary N) is 2. The second kappa shape index (κ2) is 7.00. The first kappa shape index (κ1) is 16.4. The predicted molar refractivity (Wildman–Crippen MR) is 92.2 cm³/mol. The van der Waals surface area contributed by atoms with Crippen molar-refractivity contribution >= 4 is 23.4 Å². The molecule has 0 aliphatic heterocycles. The lowest BCUT2D eigenvalue weighted by atomic mass is 10.2. The van der Waals surface area contributed by atoms with Crippen LogP contribution in [0.25, 0.3) is 0 Å². The Hall–Kier alpha value is -3.42. The molecule has 0 aliphatic rings. The third-order valence-corrected chi connectivity index (χ3v) is 3.39. The Kier molecular flexibility index (Phi) is 4.60. The van der Waals surface area contributed by atoms with Crippen molar-refractivity contribution in [3.63, 3.8) is 0 Å². The molecule has 8 heteroatoms. The van der Waals surface area contributed by atoms with Crippen molar-refractivity contribution in [3.05, 3.63) is 53.5 Å². The minimum atomic E-state index is -0.368. The van der Waals surface area contributed by atoms with E-state index in [9.17, 15) is 4.79 Å². The summed E-state index contributed by atoms with van der Waals surface area (Å²) in [7, 11) is 1.59. The Balaban J connectivity index is 1.72. The number of anilines is 3. The molecule has 0 atom stereocenters. The van der Waals surface area contributed by atoms with Crippen molar-refractivity contribution in [2.75, 3.05) is 17.7 Å². The Morgan fingerprint density at radius 3 is 2.56 bits per heavy atom. The number of carbonyl (C=O) groups excluding carboxylic acids is 1. The SMILES string of the molecule is COc1ccc(C)cc1Nc1ncc(C(=O)Nc2cc(C)on2)cn1. The molecule has 0 unspecified atom stereocenters. The highest BCUT2D eigenvalue weighted by atomic mass is 16.5. The zero-order chi connectivity index (χ0) is 17.8. The van der Waals surface area contributed by atoms with Gasteiger partial charge in [-0.1, -0.05) is 11.2 Å². The fraction of sp³-hybridized carbons (Fsp3) is 0.176. The lowest BCUT2D eigenvalue weighted by Gasteiger charge is -2.10. The monoisotopic (exact) mass is 339 g/mol. The van der Waals surface area contributed by atoms with E-state index in [1.54, 1.807) is 20.1 Å². The summed E-state index contributed by atoms with van der Waals surface area (Å²) in [6.45, 7) is 3.72. The smallest absolute Gasteiger partial charge is 0.260 e. The molecule has 0 fully saturated rings. The van der Waals surface area contributed by atoms with Gasteiger partial charge in [-0.3, -0.25) is 4.79 Å². The summed E-state index contributed by atoms with van der Waals surface area (Å²) in [5.41, 5.74) is 2.13. The highest BCUT2D eigenvalue weighted by Crippen LogP contribution is 2.27. The largest absolute Gasteiger partial charge is 0.495 e. The van der Waals surface area contributed by atoms with Crippen molar-refractivity contribution < 1.29 is 14.1 Å². The van der Waals surface area contributed by atoms with Gasteiger partial charge >= 0.3 is 0 Å². The number of benzene rings is 1. The molecular formula is C17H17N5O3. The number of methoxy groups -OCH3 is 1. The van der Waals surface area contributed by atoms with Crippen LogP contribution in [-0.2, 0) is 0 Å². The van der Waals surface area contributed by atoms with Gasteiger partial charge in [0.05, 0.1) is 18.4 Å². The van der Waals surface area contributed by atoms with Crippen LogP contribution in [0, 0.1) is 13.8 Å². The van der Waals surface area contributed by atoms with Gasteiger partial charge in [0, 0.05) is 18.5 Å². The molecule has 1 aromatic carbocycles. The number of nitrogens with zero attached hydrogens (tertiary/aromatic N) is 3. The van der Waals surface area contributed by atoms with Gasteiger partial charge in [-0.15, -0.1) is 0 Å². The molecule has 3 rings (SSSR count). The Labute approximate surface area is 144 Å². The topological polar surface area (TPSA) is 102 Å². The molecular weight excluding hydrogens is 322 g/mol. The lowest BCUT2D eigenvalue weighted by molar-refractivity contribution is 0.102. The maximum atomic E-state index is 12.1. The average molecular weight is 339 g/mol. The lowest BCUT2D eigenvalue weighted by Crippen LogP contribution is -2.13. The molecule has 0 spiro atoms. The summed E-state index contributed by atoms with van der Waals surface area (Å²) in [6.07, 6.45) is 2.86. The summed E-state index contributed by atoms with van der Waals surface area (Å²) in [5, 5.41) is 9.39. The Bertz CT molecular complexity index is 890. The van der Waals surface area contributed by atoms with Gasteiger partial charge in [0.2, 0.25) is 5.95 Å². The van der Waals surface area contributed by atoms with Crippen molar-refractivity contribution in [2.45, 2.75) is 13.8 Å². The van der Waals surface area contributed by atoms with E-state index in [-0.39, 0.29) is 5.91 Å². The van der Waals surface area contributed by atoms with Gasteiger partial charge < -0.3 is 19.9 Å². The Morgan fingerprint density at radius 2 is 1.92 bits per heavy atom. The van der Waals surface area contributed by atoms with E-state index >= 15 is 0 Å². The summed E-state index contributed by atoms with van der Waals surface area (Å²) in [5.74, 6) is 1.62. The zero-order valence-electron chi connectivity index (χ0n) is 14.0. The third kappa shape index (κ3) is 3.92. The van der Waals surface area contributed by atoms with Crippen molar-refractivity contribution in [3.8, 4) is 5.75 Å². The zero-order valence-corrected chi connectivity index (χ0v) is 14.0. The van der Waals surface area contributed by atoms with Crippen LogP contribution >= 0.6 is 0 Å². The number of aryl methyl sites for hydroxylation is 2. The summed E-state index contributed by atoms with van der Waals surface area (Å²) in [4.78, 5) is 20.5. The van der Waals surface area contributed by atoms with E-state index in [2.05, 4.69) is 25.8 Å². The first-order valence-corrected chi connectivity index (χ1v) is 7.53. The number of hydrogen-bond donors (Lipinski definition) is 2. The van der Waals surface area contributed by atoms with Crippen LogP contribution in [0.2, 0.25) is 0 Å². The van der Waals surface area contributed by atoms with Gasteiger partial charge in [-0.2, -0.15) is 0 Å². The molecule has 8 nitrogen and oxygen atoms in total. The number of carbonyl (C=O) groups is 1. The molecule has 0 bridgehead atoms. The van der Waals surface area contributed by atoms with Crippen molar-refractivity contribution in [2.24, 2.45) is 0 Å². The second-order valence-electron chi connectivity index (χ2n) is 5.40. The molecule has 2 heterocycles. The molecule has 25 heavy (non-hydrogen) atoms. The van der Waals surface area contributed by atoms with Crippen LogP contribution < -0.4 is 15.4 Å². The maximum Gasteiger partial charge on any atom is 0.260 e. The van der Waals surface area contributed by atoms with Crippen LogP contribution in [-0.4, -0.2) is 28.1 Å². The highest BCUT2D eigenvalue weighted by Gasteiger charge is 2.11. The Morgan fingerprint density at radius 1 is 1.16 bits per heavy atom. The van der Waals surface area contributed by atoms with Crippen LogP contribution in [0.15, 0.2) is 41.2 Å². The average Bonchev–Trinajstić information content (AvgIpc) is 3.00. The quantitative estimate of drug-likeness (QED) is 0.736. The second-order valence-corrected chi connectivity index (χ2v) is 5.40. The fourth-order valence-electron chi connectivity index (χ4n) is 2.16. The van der Waals surface area contributed by atoms with E-state index < -0.39 is 0 Å². The number of hydrogen-bond acceptors (Lipinski definition) is 7. The fourth-order valence-corrected chi connectivity index (χ4v) is 2.16. The minimum absolute atomic E-state index is 0.308. The first-order valence-electron chi connectivity index (χ1n) is 7.53. The van der Waals surface area contributed by atoms with Crippen LogP contribution in [0.4, 0.5) is 17.5 Å². The molecule has 0 radical (unpaired) electrons. The number of aromatic nitrogens is 3. The molecule has 0 saturated heterocycles. The van der Waals surface area contributed by atoms with Crippen LogP contribution in [0.1, 0.15) is 21.7 Å². The molecule has 2 aromatic heterocycles. The number of ether oxygens (including phenoxy) is 1. The predicted octanol–water partition coefficient (Wildman–Crippen LogP) is 3.09. The van der Waals surface area contributed by atoms with Gasteiger partial charge in [0.25, 0.3) is 5.91 Å². The third-order valence-electron chi connectivity index (χ3n) is 3.39. The van der Waals surface area contributed by atoms with E-state index in [1.807, 2.05) is 25.1 Å². The standard InChI is InChI=1S/C17H17N5O3/c1-10-4-5-14(24-3)13(6-10)20-17-18-8-12(9-19-17)16(23)21-15-7-11(2)25-22-15/h4-9H,1-3H3,(H,18,19,20)(H,21,22,23). The molecule has 128 valence electrons. The molecule has 3 aromatic rings. The van der Waals surface area contributed by atoms with Crippen LogP contribution in [0.3, 0.4) is 0 Å². The van der Waals surface area contributed by atoms with Crippen molar-refractivity contribution in [1.82, 2.24) is 15.1 Å². The summed E-state index contributed by atoms with van der Waals surface area (Å²) in [6, 6.07) is 7.36. The molecule has 2 N–H and O–H groups in total. The van der Waals surface area contributed by atoms with E-state index in [0.717, 1.165) is 11.3 Å². The van der Waals surface area contributed by atoms with Crippen molar-refractivity contribution in [1.29, 1.82) is 0 Å². The maximum absolute atomic E-state index is 12.1. The van der Waals surface area contributed by atoms with Gasteiger partial charge in [-0.25, -0.2) is 9.97 Å². The number of amides is 1. The summed E-state index contributed by atoms with van der Waals surface area (Å²) >= 11 is 0. The highest BCUT2D eigenvalue weighted by molar-refractivity contribution is 6.03. The molecule has 1 amide bonds. The first-order chi connectivity index (χ1) is 12.0. The molecule has 0 aliphatic carbocycles. The van der Waals surface area contributed by atoms with Gasteiger partial charge in [0.15, 0.2) is 5.82 Å².